The van der Waals surface area contributed by atoms with Crippen LogP contribution in [0.15, 0.2) is 30.6 Å². The molecular formula is C18H20N8O. The standard InChI is InChI=1S/C18H20N8O/c27-18(15-3-1-13(2-4-15)11-25-12-19-22-23-25)24-8-7-16-20-17(14-5-6-14)21-26(16)10-9-24/h1-4,12,14H,5-11H2. The average Bonchev–Trinajstić information content (AvgIpc) is 3.33. The molecule has 0 saturated heterocycles. The van der Waals surface area contributed by atoms with Crippen LogP contribution in [-0.4, -0.2) is 58.9 Å². The Morgan fingerprint density at radius 1 is 1.11 bits per heavy atom. The van der Waals surface area contributed by atoms with Crippen molar-refractivity contribution in [3.8, 4) is 0 Å². The summed E-state index contributed by atoms with van der Waals surface area (Å²) in [6.45, 7) is 2.62. The van der Waals surface area contributed by atoms with Crippen LogP contribution in [0.1, 0.15) is 46.3 Å². The maximum Gasteiger partial charge on any atom is 0.253 e. The zero-order valence-corrected chi connectivity index (χ0v) is 14.9. The first-order chi connectivity index (χ1) is 13.3. The third-order valence-corrected chi connectivity index (χ3v) is 5.12. The van der Waals surface area contributed by atoms with Crippen molar-refractivity contribution in [3.05, 3.63) is 53.4 Å². The highest BCUT2D eigenvalue weighted by molar-refractivity contribution is 5.94. The van der Waals surface area contributed by atoms with Crippen molar-refractivity contribution in [2.45, 2.75) is 38.3 Å². The van der Waals surface area contributed by atoms with Gasteiger partial charge in [0.25, 0.3) is 5.91 Å². The van der Waals surface area contributed by atoms with E-state index in [1.165, 1.54) is 12.8 Å². The number of tetrazole rings is 1. The van der Waals surface area contributed by atoms with Gasteiger partial charge in [-0.15, -0.1) is 5.10 Å². The highest BCUT2D eigenvalue weighted by atomic mass is 16.2. The van der Waals surface area contributed by atoms with Crippen LogP contribution in [-0.2, 0) is 19.5 Å². The number of nitrogens with zero attached hydrogens (tertiary/aromatic N) is 8. The van der Waals surface area contributed by atoms with Gasteiger partial charge in [0.1, 0.15) is 12.2 Å². The summed E-state index contributed by atoms with van der Waals surface area (Å²) in [7, 11) is 0. The van der Waals surface area contributed by atoms with Gasteiger partial charge in [-0.2, -0.15) is 5.10 Å². The SMILES string of the molecule is O=C(c1ccc(Cn2cnnn2)cc1)N1CCc2nc(C3CC3)nn2CC1. The highest BCUT2D eigenvalue weighted by Gasteiger charge is 2.30. The van der Waals surface area contributed by atoms with Crippen LogP contribution >= 0.6 is 0 Å². The van der Waals surface area contributed by atoms with E-state index in [0.717, 1.165) is 23.6 Å². The number of carbonyl (C=O) groups is 1. The van der Waals surface area contributed by atoms with Crippen LogP contribution in [0.4, 0.5) is 0 Å². The summed E-state index contributed by atoms with van der Waals surface area (Å²) in [6.07, 6.45) is 4.74. The van der Waals surface area contributed by atoms with Crippen LogP contribution in [0, 0.1) is 0 Å². The molecule has 0 spiro atoms. The van der Waals surface area contributed by atoms with Crippen molar-refractivity contribution in [1.29, 1.82) is 0 Å². The van der Waals surface area contributed by atoms with Crippen LogP contribution in [0.5, 0.6) is 0 Å². The first-order valence-electron chi connectivity index (χ1n) is 9.29. The van der Waals surface area contributed by atoms with E-state index in [2.05, 4.69) is 25.6 Å². The lowest BCUT2D eigenvalue weighted by molar-refractivity contribution is 0.0758. The van der Waals surface area contributed by atoms with Crippen molar-refractivity contribution in [2.75, 3.05) is 13.1 Å². The van der Waals surface area contributed by atoms with E-state index in [1.807, 2.05) is 33.8 Å². The largest absolute Gasteiger partial charge is 0.336 e. The van der Waals surface area contributed by atoms with Gasteiger partial charge >= 0.3 is 0 Å². The summed E-state index contributed by atoms with van der Waals surface area (Å²) >= 11 is 0. The van der Waals surface area contributed by atoms with E-state index in [4.69, 9.17) is 0 Å². The van der Waals surface area contributed by atoms with Gasteiger partial charge in [-0.3, -0.25) is 4.79 Å². The topological polar surface area (TPSA) is 94.6 Å². The number of rotatable bonds is 4. The Morgan fingerprint density at radius 2 is 1.96 bits per heavy atom. The Hall–Kier alpha value is -3.10. The second-order valence-corrected chi connectivity index (χ2v) is 7.13. The predicted molar refractivity (Wildman–Crippen MR) is 95.0 cm³/mol. The van der Waals surface area contributed by atoms with Crippen LogP contribution in [0.3, 0.4) is 0 Å². The van der Waals surface area contributed by atoms with Crippen molar-refractivity contribution in [2.24, 2.45) is 0 Å². The third kappa shape index (κ3) is 3.32. The minimum absolute atomic E-state index is 0.0529. The van der Waals surface area contributed by atoms with E-state index in [-0.39, 0.29) is 5.91 Å². The molecule has 0 radical (unpaired) electrons. The highest BCUT2D eigenvalue weighted by Crippen LogP contribution is 2.38. The quantitative estimate of drug-likeness (QED) is 0.682. The molecule has 2 aromatic heterocycles. The molecule has 5 rings (SSSR count). The van der Waals surface area contributed by atoms with Gasteiger partial charge in [-0.1, -0.05) is 12.1 Å². The van der Waals surface area contributed by atoms with Gasteiger partial charge in [-0.25, -0.2) is 14.3 Å². The minimum Gasteiger partial charge on any atom is -0.336 e. The molecule has 1 aliphatic heterocycles. The van der Waals surface area contributed by atoms with Crippen LogP contribution in [0.2, 0.25) is 0 Å². The third-order valence-electron chi connectivity index (χ3n) is 5.12. The second-order valence-electron chi connectivity index (χ2n) is 7.13. The summed E-state index contributed by atoms with van der Waals surface area (Å²) in [5.74, 6) is 2.61. The molecule has 9 nitrogen and oxygen atoms in total. The lowest BCUT2D eigenvalue weighted by atomic mass is 10.1. The lowest BCUT2D eigenvalue weighted by Gasteiger charge is -2.20. The molecule has 1 saturated carbocycles. The van der Waals surface area contributed by atoms with Gasteiger partial charge in [0.15, 0.2) is 5.82 Å². The van der Waals surface area contributed by atoms with E-state index in [1.54, 1.807) is 11.0 Å². The molecule has 1 amide bonds. The Morgan fingerprint density at radius 3 is 2.70 bits per heavy atom. The smallest absolute Gasteiger partial charge is 0.253 e. The van der Waals surface area contributed by atoms with Gasteiger partial charge < -0.3 is 4.90 Å². The average molecular weight is 364 g/mol. The maximum absolute atomic E-state index is 12.9. The monoisotopic (exact) mass is 364 g/mol. The second kappa shape index (κ2) is 6.57. The number of benzene rings is 1. The Bertz CT molecular complexity index is 917. The lowest BCUT2D eigenvalue weighted by Crippen LogP contribution is -2.33. The summed E-state index contributed by atoms with van der Waals surface area (Å²) in [4.78, 5) is 19.5. The Balaban J connectivity index is 1.24. The molecule has 1 fully saturated rings. The fourth-order valence-electron chi connectivity index (χ4n) is 3.41. The molecule has 0 atom stereocenters. The number of aromatic nitrogens is 7. The molecule has 138 valence electrons. The summed E-state index contributed by atoms with van der Waals surface area (Å²) in [5.41, 5.74) is 1.74. The summed E-state index contributed by atoms with van der Waals surface area (Å²) in [6, 6.07) is 7.63. The molecule has 0 unspecified atom stereocenters. The molecule has 2 aliphatic rings. The van der Waals surface area contributed by atoms with Gasteiger partial charge in [0.05, 0.1) is 13.1 Å². The molecular weight excluding hydrogens is 344 g/mol. The molecule has 3 heterocycles. The molecule has 0 N–H and O–H groups in total. The van der Waals surface area contributed by atoms with E-state index in [9.17, 15) is 4.79 Å². The molecule has 9 heteroatoms. The fraction of sp³-hybridized carbons (Fsp3) is 0.444. The van der Waals surface area contributed by atoms with E-state index >= 15 is 0 Å². The number of amides is 1. The summed E-state index contributed by atoms with van der Waals surface area (Å²) in [5, 5.41) is 15.7. The van der Waals surface area contributed by atoms with E-state index < -0.39 is 0 Å². The van der Waals surface area contributed by atoms with Crippen LogP contribution < -0.4 is 0 Å². The Kier molecular flexibility index (Phi) is 3.92. The fourth-order valence-corrected chi connectivity index (χ4v) is 3.41. The molecule has 3 aromatic rings. The molecule has 1 aliphatic carbocycles. The van der Waals surface area contributed by atoms with E-state index in [0.29, 0.717) is 37.7 Å². The van der Waals surface area contributed by atoms with Crippen molar-refractivity contribution >= 4 is 5.91 Å². The van der Waals surface area contributed by atoms with Gasteiger partial charge in [0, 0.05) is 31.0 Å². The van der Waals surface area contributed by atoms with Gasteiger partial charge in [0.2, 0.25) is 0 Å². The number of hydrogen-bond donors (Lipinski definition) is 0. The number of fused-ring (bicyclic) bond motifs is 1. The van der Waals surface area contributed by atoms with Gasteiger partial charge in [-0.05, 0) is 41.0 Å². The predicted octanol–water partition coefficient (Wildman–Crippen LogP) is 0.889. The van der Waals surface area contributed by atoms with Crippen molar-refractivity contribution in [3.63, 3.8) is 0 Å². The molecule has 0 bridgehead atoms. The first-order valence-corrected chi connectivity index (χ1v) is 9.29. The zero-order chi connectivity index (χ0) is 18.2. The zero-order valence-electron chi connectivity index (χ0n) is 14.9. The van der Waals surface area contributed by atoms with Crippen molar-refractivity contribution in [1.82, 2.24) is 39.9 Å². The summed E-state index contributed by atoms with van der Waals surface area (Å²) < 4.78 is 3.63. The number of hydrogen-bond acceptors (Lipinski definition) is 6. The Labute approximate surface area is 156 Å². The number of carbonyl (C=O) groups excluding carboxylic acids is 1. The minimum atomic E-state index is 0.0529. The molecule has 1 aromatic carbocycles. The normalized spacial score (nSPS) is 16.8. The van der Waals surface area contributed by atoms with Crippen molar-refractivity contribution < 1.29 is 4.79 Å². The molecule has 27 heavy (non-hydrogen) atoms. The maximum atomic E-state index is 12.9. The first kappa shape index (κ1) is 16.1. The van der Waals surface area contributed by atoms with Crippen LogP contribution in [0.25, 0.3) is 0 Å².